The third kappa shape index (κ3) is 4.14. The average molecular weight is 452 g/mol. The Kier molecular flexibility index (Phi) is 5.57. The van der Waals surface area contributed by atoms with Gasteiger partial charge in [0.1, 0.15) is 23.9 Å². The van der Waals surface area contributed by atoms with Crippen LogP contribution < -0.4 is 15.4 Å². The third-order valence-corrected chi connectivity index (χ3v) is 5.36. The van der Waals surface area contributed by atoms with Gasteiger partial charge in [-0.05, 0) is 48.9 Å². The van der Waals surface area contributed by atoms with Crippen molar-refractivity contribution in [3.8, 4) is 5.75 Å². The molecule has 1 aliphatic rings. The van der Waals surface area contributed by atoms with Gasteiger partial charge < -0.3 is 15.4 Å². The van der Waals surface area contributed by atoms with Crippen LogP contribution in [0.4, 0.5) is 11.8 Å². The number of fused-ring (bicyclic) bond motifs is 1. The number of amides is 1. The normalized spacial score (nSPS) is 14.7. The maximum Gasteiger partial charge on any atom is 0.343 e. The van der Waals surface area contributed by atoms with Crippen LogP contribution in [0.2, 0.25) is 0 Å². The average Bonchev–Trinajstić information content (AvgIpc) is 3.33. The topological polar surface area (TPSA) is 111 Å². The number of hydrogen-bond donors (Lipinski definition) is 2. The van der Waals surface area contributed by atoms with E-state index in [9.17, 15) is 9.59 Å². The molecule has 1 amide bonds. The molecule has 2 aromatic heterocycles. The second-order valence-corrected chi connectivity index (χ2v) is 7.59. The van der Waals surface area contributed by atoms with Crippen molar-refractivity contribution >= 4 is 23.6 Å². The highest BCUT2D eigenvalue weighted by atomic mass is 16.5. The number of nitrogens with zero attached hydrogens (tertiary/aromatic N) is 4. The van der Waals surface area contributed by atoms with E-state index in [1.54, 1.807) is 77.6 Å². The number of aromatic nitrogens is 4. The smallest absolute Gasteiger partial charge is 0.343 e. The zero-order valence-electron chi connectivity index (χ0n) is 18.2. The number of carbonyl (C=O) groups is 2. The number of carbonyl (C=O) groups excluding carboxylic acids is 2. The number of rotatable bonds is 5. The summed E-state index contributed by atoms with van der Waals surface area (Å²) in [6, 6.07) is 20.5. The molecular formula is C25H20N6O3. The van der Waals surface area contributed by atoms with Gasteiger partial charge >= 0.3 is 5.97 Å². The highest BCUT2D eigenvalue weighted by Crippen LogP contribution is 2.35. The largest absolute Gasteiger partial charge is 0.423 e. The van der Waals surface area contributed by atoms with Crippen LogP contribution in [0.15, 0.2) is 96.6 Å². The molecule has 9 heteroatoms. The molecule has 0 fully saturated rings. The predicted octanol–water partition coefficient (Wildman–Crippen LogP) is 3.82. The fourth-order valence-electron chi connectivity index (χ4n) is 3.77. The van der Waals surface area contributed by atoms with Gasteiger partial charge in [0.2, 0.25) is 5.95 Å². The lowest BCUT2D eigenvalue weighted by Crippen LogP contribution is -2.31. The third-order valence-electron chi connectivity index (χ3n) is 5.36. The van der Waals surface area contributed by atoms with Crippen LogP contribution in [-0.4, -0.2) is 31.6 Å². The fourth-order valence-corrected chi connectivity index (χ4v) is 3.77. The summed E-state index contributed by atoms with van der Waals surface area (Å²) < 4.78 is 7.13. The van der Waals surface area contributed by atoms with E-state index in [4.69, 9.17) is 4.74 Å². The second-order valence-electron chi connectivity index (χ2n) is 7.59. The first-order chi connectivity index (χ1) is 16.6. The lowest BCUT2D eigenvalue weighted by atomic mass is 9.95. The number of hydrogen-bond acceptors (Lipinski definition) is 7. The Labute approximate surface area is 195 Å². The van der Waals surface area contributed by atoms with Gasteiger partial charge in [-0.2, -0.15) is 10.1 Å². The predicted molar refractivity (Wildman–Crippen MR) is 125 cm³/mol. The van der Waals surface area contributed by atoms with Crippen molar-refractivity contribution in [2.24, 2.45) is 0 Å². The van der Waals surface area contributed by atoms with Gasteiger partial charge in [-0.3, -0.25) is 4.79 Å². The van der Waals surface area contributed by atoms with Crippen molar-refractivity contribution in [1.29, 1.82) is 0 Å². The molecule has 2 aromatic carbocycles. The quantitative estimate of drug-likeness (QED) is 0.350. The number of benzene rings is 2. The Balaban J connectivity index is 1.44. The summed E-state index contributed by atoms with van der Waals surface area (Å²) in [5.74, 6) is 0.607. The van der Waals surface area contributed by atoms with Gasteiger partial charge in [-0.15, -0.1) is 0 Å². The minimum atomic E-state index is -0.540. The summed E-state index contributed by atoms with van der Waals surface area (Å²) in [7, 11) is 0. The van der Waals surface area contributed by atoms with E-state index in [2.05, 4.69) is 25.7 Å². The van der Waals surface area contributed by atoms with E-state index >= 15 is 0 Å². The van der Waals surface area contributed by atoms with E-state index in [1.807, 2.05) is 13.0 Å². The second kappa shape index (κ2) is 8.99. The summed E-state index contributed by atoms with van der Waals surface area (Å²) in [5, 5.41) is 10.3. The summed E-state index contributed by atoms with van der Waals surface area (Å²) in [6.07, 6.45) is 3.04. The standard InChI is InChI=1S/C25H20N6O3/c1-16-21(23(32)30-20-9-5-6-14-26-20)22(31-25(29-16)27-15-28-31)17-10-12-19(13-11-17)34-24(33)18-7-3-2-4-8-18/h2-15,22H,1H3,(H,26,30,32)(H,27,28,29). The van der Waals surface area contributed by atoms with Gasteiger partial charge in [0.05, 0.1) is 11.1 Å². The minimum Gasteiger partial charge on any atom is -0.423 e. The Bertz CT molecular complexity index is 1360. The van der Waals surface area contributed by atoms with Crippen molar-refractivity contribution in [1.82, 2.24) is 19.7 Å². The number of esters is 1. The number of allylic oxidation sites excluding steroid dienone is 1. The molecule has 0 aliphatic carbocycles. The number of pyridine rings is 1. The molecule has 0 spiro atoms. The first kappa shape index (κ1) is 21.1. The molecule has 0 bridgehead atoms. The first-order valence-electron chi connectivity index (χ1n) is 10.6. The molecule has 0 saturated carbocycles. The van der Waals surface area contributed by atoms with Gasteiger partial charge in [-0.25, -0.2) is 14.5 Å². The molecule has 2 N–H and O–H groups in total. The van der Waals surface area contributed by atoms with E-state index in [1.165, 1.54) is 6.33 Å². The molecule has 0 radical (unpaired) electrons. The van der Waals surface area contributed by atoms with Gasteiger partial charge in [0.15, 0.2) is 0 Å². The number of ether oxygens (including phenoxy) is 1. The molecule has 3 heterocycles. The maximum atomic E-state index is 13.3. The van der Waals surface area contributed by atoms with Crippen LogP contribution in [-0.2, 0) is 4.79 Å². The van der Waals surface area contributed by atoms with Crippen LogP contribution in [0.3, 0.4) is 0 Å². The van der Waals surface area contributed by atoms with Crippen molar-refractivity contribution in [3.63, 3.8) is 0 Å². The molecule has 168 valence electrons. The molecule has 5 rings (SSSR count). The molecule has 1 atom stereocenters. The Morgan fingerprint density at radius 1 is 0.971 bits per heavy atom. The minimum absolute atomic E-state index is 0.311. The van der Waals surface area contributed by atoms with E-state index in [-0.39, 0.29) is 5.91 Å². The van der Waals surface area contributed by atoms with Gasteiger partial charge in [0.25, 0.3) is 5.91 Å². The van der Waals surface area contributed by atoms with E-state index < -0.39 is 12.0 Å². The highest BCUT2D eigenvalue weighted by molar-refractivity contribution is 6.05. The lowest BCUT2D eigenvalue weighted by Gasteiger charge is -2.28. The molecule has 0 saturated heterocycles. The Morgan fingerprint density at radius 3 is 2.47 bits per heavy atom. The zero-order valence-corrected chi connectivity index (χ0v) is 18.2. The van der Waals surface area contributed by atoms with Crippen molar-refractivity contribution < 1.29 is 14.3 Å². The Hall–Kier alpha value is -4.79. The highest BCUT2D eigenvalue weighted by Gasteiger charge is 2.33. The molecular weight excluding hydrogens is 432 g/mol. The van der Waals surface area contributed by atoms with Crippen molar-refractivity contribution in [2.45, 2.75) is 13.0 Å². The van der Waals surface area contributed by atoms with Gasteiger partial charge in [0, 0.05) is 11.9 Å². The van der Waals surface area contributed by atoms with Crippen LogP contribution in [0.1, 0.15) is 28.9 Å². The maximum absolute atomic E-state index is 13.3. The zero-order chi connectivity index (χ0) is 23.5. The summed E-state index contributed by atoms with van der Waals surface area (Å²) >= 11 is 0. The first-order valence-corrected chi connectivity index (χ1v) is 10.6. The van der Waals surface area contributed by atoms with E-state index in [0.717, 1.165) is 5.56 Å². The van der Waals surface area contributed by atoms with Crippen LogP contribution in [0.5, 0.6) is 5.75 Å². The summed E-state index contributed by atoms with van der Waals surface area (Å²) in [5.41, 5.74) is 2.36. The molecule has 1 aliphatic heterocycles. The van der Waals surface area contributed by atoms with Crippen molar-refractivity contribution in [3.05, 3.63) is 108 Å². The van der Waals surface area contributed by atoms with Crippen LogP contribution in [0, 0.1) is 0 Å². The molecule has 9 nitrogen and oxygen atoms in total. The summed E-state index contributed by atoms with van der Waals surface area (Å²) in [6.45, 7) is 1.81. The molecule has 34 heavy (non-hydrogen) atoms. The number of anilines is 2. The van der Waals surface area contributed by atoms with Crippen LogP contribution in [0.25, 0.3) is 0 Å². The lowest BCUT2D eigenvalue weighted by molar-refractivity contribution is -0.113. The van der Waals surface area contributed by atoms with E-state index in [0.29, 0.717) is 34.3 Å². The fraction of sp³-hybridized carbons (Fsp3) is 0.0800. The van der Waals surface area contributed by atoms with Crippen LogP contribution >= 0.6 is 0 Å². The Morgan fingerprint density at radius 2 is 1.74 bits per heavy atom. The van der Waals surface area contributed by atoms with Crippen molar-refractivity contribution in [2.75, 3.05) is 10.6 Å². The number of nitrogens with one attached hydrogen (secondary N) is 2. The summed E-state index contributed by atoms with van der Waals surface area (Å²) in [4.78, 5) is 34.1. The van der Waals surface area contributed by atoms with Gasteiger partial charge in [-0.1, -0.05) is 36.4 Å². The molecule has 4 aromatic rings. The monoisotopic (exact) mass is 452 g/mol. The molecule has 1 unspecified atom stereocenters. The SMILES string of the molecule is CC1=C(C(=O)Nc2ccccn2)C(c2ccc(OC(=O)c3ccccc3)cc2)n2ncnc2N1.